The van der Waals surface area contributed by atoms with Gasteiger partial charge in [-0.05, 0) is 37.1 Å². The second-order valence-corrected chi connectivity index (χ2v) is 9.35. The molecule has 4 nitrogen and oxygen atoms in total. The molecule has 1 fully saturated rings. The zero-order valence-electron chi connectivity index (χ0n) is 14.2. The highest BCUT2D eigenvalue weighted by molar-refractivity contribution is 8.00. The number of nitrogens with zero attached hydrogens (tertiary/aromatic N) is 3. The van der Waals surface area contributed by atoms with Crippen molar-refractivity contribution in [2.45, 2.75) is 48.2 Å². The number of thioether (sulfide) groups is 1. The molecule has 1 aromatic carbocycles. The zero-order chi connectivity index (χ0) is 17.8. The molecular weight excluding hydrogens is 387 g/mol. The molecule has 0 amide bonds. The van der Waals surface area contributed by atoms with Gasteiger partial charge in [-0.1, -0.05) is 42.4 Å². The highest BCUT2D eigenvalue weighted by Crippen LogP contribution is 2.32. The standard InChI is InChI=1S/C18H19FN4S3/c19-13-8-6-12(7-9-13)16-20-15(10-24-16)11-25-18-23-22-17(26-18)21-14-4-2-1-3-5-14/h6-10,14H,1-5,11H2,(H,21,22). The van der Waals surface area contributed by atoms with Crippen molar-refractivity contribution < 1.29 is 4.39 Å². The molecule has 1 N–H and O–H groups in total. The average Bonchev–Trinajstić information content (AvgIpc) is 3.31. The van der Waals surface area contributed by atoms with Gasteiger partial charge in [-0.2, -0.15) is 0 Å². The summed E-state index contributed by atoms with van der Waals surface area (Å²) in [5.41, 5.74) is 1.96. The van der Waals surface area contributed by atoms with Gasteiger partial charge in [-0.15, -0.1) is 21.5 Å². The lowest BCUT2D eigenvalue weighted by Gasteiger charge is -2.21. The normalized spacial score (nSPS) is 15.3. The van der Waals surface area contributed by atoms with Crippen molar-refractivity contribution in [2.75, 3.05) is 5.32 Å². The van der Waals surface area contributed by atoms with E-state index in [9.17, 15) is 4.39 Å². The highest BCUT2D eigenvalue weighted by Gasteiger charge is 2.15. The van der Waals surface area contributed by atoms with Crippen molar-refractivity contribution in [3.05, 3.63) is 41.2 Å². The van der Waals surface area contributed by atoms with Gasteiger partial charge >= 0.3 is 0 Å². The minimum absolute atomic E-state index is 0.227. The van der Waals surface area contributed by atoms with E-state index in [1.807, 2.05) is 5.38 Å². The first-order valence-electron chi connectivity index (χ1n) is 8.69. The second-order valence-electron chi connectivity index (χ2n) is 6.29. The number of anilines is 1. The Labute approximate surface area is 164 Å². The number of nitrogens with one attached hydrogen (secondary N) is 1. The van der Waals surface area contributed by atoms with Crippen LogP contribution in [0.25, 0.3) is 10.6 Å². The van der Waals surface area contributed by atoms with Crippen LogP contribution in [-0.4, -0.2) is 21.2 Å². The molecule has 1 saturated carbocycles. The maximum absolute atomic E-state index is 13.0. The number of hydrogen-bond acceptors (Lipinski definition) is 7. The molecule has 1 aliphatic carbocycles. The Morgan fingerprint density at radius 2 is 1.92 bits per heavy atom. The number of rotatable bonds is 6. The summed E-state index contributed by atoms with van der Waals surface area (Å²) in [6.07, 6.45) is 6.42. The van der Waals surface area contributed by atoms with Crippen molar-refractivity contribution in [3.8, 4) is 10.6 Å². The van der Waals surface area contributed by atoms with Crippen molar-refractivity contribution in [1.29, 1.82) is 0 Å². The van der Waals surface area contributed by atoms with Crippen LogP contribution in [0.4, 0.5) is 9.52 Å². The molecule has 0 spiro atoms. The number of halogens is 1. The van der Waals surface area contributed by atoms with E-state index >= 15 is 0 Å². The van der Waals surface area contributed by atoms with Crippen molar-refractivity contribution in [2.24, 2.45) is 0 Å². The number of aromatic nitrogens is 3. The van der Waals surface area contributed by atoms with E-state index in [0.29, 0.717) is 6.04 Å². The molecule has 136 valence electrons. The van der Waals surface area contributed by atoms with Crippen LogP contribution in [-0.2, 0) is 5.75 Å². The molecule has 2 aromatic heterocycles. The Morgan fingerprint density at radius 3 is 2.73 bits per heavy atom. The quantitative estimate of drug-likeness (QED) is 0.521. The maximum atomic E-state index is 13.0. The van der Waals surface area contributed by atoms with E-state index < -0.39 is 0 Å². The van der Waals surface area contributed by atoms with Crippen LogP contribution >= 0.6 is 34.4 Å². The first kappa shape index (κ1) is 17.9. The fraction of sp³-hybridized carbons (Fsp3) is 0.389. The van der Waals surface area contributed by atoms with Crippen molar-refractivity contribution in [3.63, 3.8) is 0 Å². The third-order valence-corrected chi connectivity index (χ3v) is 7.29. The maximum Gasteiger partial charge on any atom is 0.206 e. The van der Waals surface area contributed by atoms with E-state index in [-0.39, 0.29) is 5.82 Å². The summed E-state index contributed by atoms with van der Waals surface area (Å²) >= 11 is 4.85. The van der Waals surface area contributed by atoms with E-state index in [4.69, 9.17) is 0 Å². The SMILES string of the molecule is Fc1ccc(-c2nc(CSc3nnc(NC4CCCCC4)s3)cs2)cc1. The summed E-state index contributed by atoms with van der Waals surface area (Å²) in [5, 5.41) is 15.9. The summed E-state index contributed by atoms with van der Waals surface area (Å²) in [7, 11) is 0. The lowest BCUT2D eigenvalue weighted by Crippen LogP contribution is -2.21. The predicted molar refractivity (Wildman–Crippen MR) is 107 cm³/mol. The van der Waals surface area contributed by atoms with Crippen LogP contribution in [0.5, 0.6) is 0 Å². The zero-order valence-corrected chi connectivity index (χ0v) is 16.6. The fourth-order valence-corrected chi connectivity index (χ4v) is 5.63. The van der Waals surface area contributed by atoms with E-state index in [1.54, 1.807) is 46.6 Å². The van der Waals surface area contributed by atoms with Crippen LogP contribution < -0.4 is 5.32 Å². The molecule has 0 saturated heterocycles. The van der Waals surface area contributed by atoms with Crippen LogP contribution in [0, 0.1) is 5.82 Å². The Morgan fingerprint density at radius 1 is 1.12 bits per heavy atom. The third kappa shape index (κ3) is 4.61. The summed E-state index contributed by atoms with van der Waals surface area (Å²) in [5.74, 6) is 0.533. The molecule has 8 heteroatoms. The summed E-state index contributed by atoms with van der Waals surface area (Å²) in [4.78, 5) is 4.64. The lowest BCUT2D eigenvalue weighted by atomic mass is 9.96. The van der Waals surface area contributed by atoms with E-state index in [0.717, 1.165) is 31.5 Å². The van der Waals surface area contributed by atoms with Crippen LogP contribution in [0.15, 0.2) is 34.0 Å². The van der Waals surface area contributed by atoms with Gasteiger partial charge in [0, 0.05) is 22.7 Å². The summed E-state index contributed by atoms with van der Waals surface area (Å²) < 4.78 is 14.0. The van der Waals surface area contributed by atoms with Gasteiger partial charge in [0.15, 0.2) is 4.34 Å². The van der Waals surface area contributed by atoms with Crippen LogP contribution in [0.1, 0.15) is 37.8 Å². The van der Waals surface area contributed by atoms with E-state index in [1.165, 1.54) is 44.2 Å². The van der Waals surface area contributed by atoms with Crippen LogP contribution in [0.3, 0.4) is 0 Å². The fourth-order valence-electron chi connectivity index (χ4n) is 2.98. The van der Waals surface area contributed by atoms with Gasteiger partial charge in [0.05, 0.1) is 5.69 Å². The lowest BCUT2D eigenvalue weighted by molar-refractivity contribution is 0.462. The number of hydrogen-bond donors (Lipinski definition) is 1. The van der Waals surface area contributed by atoms with Crippen molar-refractivity contribution in [1.82, 2.24) is 15.2 Å². The molecule has 0 radical (unpaired) electrons. The topological polar surface area (TPSA) is 50.7 Å². The molecular formula is C18H19FN4S3. The van der Waals surface area contributed by atoms with Gasteiger partial charge in [-0.25, -0.2) is 9.37 Å². The smallest absolute Gasteiger partial charge is 0.206 e. The monoisotopic (exact) mass is 406 g/mol. The molecule has 26 heavy (non-hydrogen) atoms. The summed E-state index contributed by atoms with van der Waals surface area (Å²) in [6, 6.07) is 7.00. The van der Waals surface area contributed by atoms with Gasteiger partial charge in [-0.3, -0.25) is 0 Å². The number of benzene rings is 1. The molecule has 4 rings (SSSR count). The minimum atomic E-state index is -0.227. The second kappa shape index (κ2) is 8.45. The first-order chi connectivity index (χ1) is 12.8. The predicted octanol–water partition coefficient (Wildman–Crippen LogP) is 5.84. The Balaban J connectivity index is 1.32. The van der Waals surface area contributed by atoms with E-state index in [2.05, 4.69) is 20.5 Å². The minimum Gasteiger partial charge on any atom is -0.357 e. The van der Waals surface area contributed by atoms with Gasteiger partial charge in [0.1, 0.15) is 10.8 Å². The third-order valence-electron chi connectivity index (χ3n) is 4.33. The van der Waals surface area contributed by atoms with Gasteiger partial charge in [0.2, 0.25) is 5.13 Å². The molecule has 0 aliphatic heterocycles. The van der Waals surface area contributed by atoms with Crippen molar-refractivity contribution >= 4 is 39.6 Å². The molecule has 3 aromatic rings. The molecule has 0 atom stereocenters. The van der Waals surface area contributed by atoms with Gasteiger partial charge < -0.3 is 5.32 Å². The summed E-state index contributed by atoms with van der Waals surface area (Å²) in [6.45, 7) is 0. The number of thiazole rings is 1. The first-order valence-corrected chi connectivity index (χ1v) is 11.4. The molecule has 1 aliphatic rings. The van der Waals surface area contributed by atoms with Gasteiger partial charge in [0.25, 0.3) is 0 Å². The van der Waals surface area contributed by atoms with Crippen LogP contribution in [0.2, 0.25) is 0 Å². The Hall–Kier alpha value is -1.51. The molecule has 0 unspecified atom stereocenters. The largest absolute Gasteiger partial charge is 0.357 e. The Kier molecular flexibility index (Phi) is 5.81. The Bertz CT molecular complexity index is 840. The molecule has 0 bridgehead atoms. The highest BCUT2D eigenvalue weighted by atomic mass is 32.2. The average molecular weight is 407 g/mol. The molecule has 2 heterocycles.